The minimum absolute atomic E-state index is 0.469. The normalized spacial score (nSPS) is 22.8. The van der Waals surface area contributed by atoms with Gasteiger partial charge in [0.15, 0.2) is 0 Å². The number of thiocarbonyl (C=S) groups is 1. The lowest BCUT2D eigenvalue weighted by molar-refractivity contribution is 0.307. The minimum atomic E-state index is 0.469. The smallest absolute Gasteiger partial charge is 0.103 e. The van der Waals surface area contributed by atoms with E-state index in [4.69, 9.17) is 18.0 Å². The van der Waals surface area contributed by atoms with E-state index in [1.54, 1.807) is 0 Å². The molecule has 1 aromatic rings. The standard InChI is InChI=1S/C14H20N2S/c1-10-7-13(10)9-16(2)8-11-3-5-12(6-4-11)14(15)17/h3-6,10,13H,7-9H2,1-2H3,(H2,15,17). The fourth-order valence-electron chi connectivity index (χ4n) is 2.20. The van der Waals surface area contributed by atoms with Crippen molar-refractivity contribution in [1.29, 1.82) is 0 Å². The van der Waals surface area contributed by atoms with Crippen LogP contribution in [0.1, 0.15) is 24.5 Å². The largest absolute Gasteiger partial charge is 0.389 e. The van der Waals surface area contributed by atoms with Crippen molar-refractivity contribution in [1.82, 2.24) is 4.90 Å². The molecule has 0 radical (unpaired) electrons. The van der Waals surface area contributed by atoms with E-state index in [9.17, 15) is 0 Å². The van der Waals surface area contributed by atoms with Gasteiger partial charge in [-0.25, -0.2) is 0 Å². The summed E-state index contributed by atoms with van der Waals surface area (Å²) < 4.78 is 0. The molecule has 2 N–H and O–H groups in total. The molecule has 1 fully saturated rings. The van der Waals surface area contributed by atoms with Crippen LogP contribution in [0.15, 0.2) is 24.3 Å². The molecule has 1 aliphatic carbocycles. The molecule has 2 nitrogen and oxygen atoms in total. The van der Waals surface area contributed by atoms with Crippen molar-refractivity contribution >= 4 is 17.2 Å². The molecule has 0 aliphatic heterocycles. The van der Waals surface area contributed by atoms with Crippen LogP contribution in [0.3, 0.4) is 0 Å². The van der Waals surface area contributed by atoms with E-state index in [1.165, 1.54) is 18.5 Å². The molecule has 2 rings (SSSR count). The van der Waals surface area contributed by atoms with Crippen molar-refractivity contribution < 1.29 is 0 Å². The first-order valence-corrected chi connectivity index (χ1v) is 6.54. The molecular weight excluding hydrogens is 228 g/mol. The summed E-state index contributed by atoms with van der Waals surface area (Å²) in [6.45, 7) is 4.54. The third-order valence-corrected chi connectivity index (χ3v) is 3.75. The van der Waals surface area contributed by atoms with Gasteiger partial charge < -0.3 is 10.6 Å². The van der Waals surface area contributed by atoms with Gasteiger partial charge in [0.2, 0.25) is 0 Å². The van der Waals surface area contributed by atoms with Gasteiger partial charge >= 0.3 is 0 Å². The highest BCUT2D eigenvalue weighted by Crippen LogP contribution is 2.38. The van der Waals surface area contributed by atoms with Gasteiger partial charge in [-0.1, -0.05) is 43.4 Å². The van der Waals surface area contributed by atoms with Crippen LogP contribution in [0.5, 0.6) is 0 Å². The van der Waals surface area contributed by atoms with E-state index >= 15 is 0 Å². The first-order valence-electron chi connectivity index (χ1n) is 6.13. The molecule has 92 valence electrons. The average Bonchev–Trinajstić information content (AvgIpc) is 2.94. The van der Waals surface area contributed by atoms with Crippen LogP contribution in [-0.2, 0) is 6.54 Å². The lowest BCUT2D eigenvalue weighted by Crippen LogP contribution is -2.21. The number of benzene rings is 1. The Morgan fingerprint density at radius 2 is 2.00 bits per heavy atom. The second kappa shape index (κ2) is 5.15. The van der Waals surface area contributed by atoms with Gasteiger partial charge in [0.25, 0.3) is 0 Å². The molecule has 2 unspecified atom stereocenters. The maximum atomic E-state index is 5.58. The van der Waals surface area contributed by atoms with Crippen molar-refractivity contribution in [2.24, 2.45) is 17.6 Å². The van der Waals surface area contributed by atoms with Gasteiger partial charge in [0, 0.05) is 18.7 Å². The highest BCUT2D eigenvalue weighted by atomic mass is 32.1. The Hall–Kier alpha value is -0.930. The summed E-state index contributed by atoms with van der Waals surface area (Å²) in [7, 11) is 2.19. The summed E-state index contributed by atoms with van der Waals surface area (Å²) in [4.78, 5) is 2.86. The lowest BCUT2D eigenvalue weighted by atomic mass is 10.1. The fraction of sp³-hybridized carbons (Fsp3) is 0.500. The van der Waals surface area contributed by atoms with Crippen LogP contribution in [-0.4, -0.2) is 23.5 Å². The molecule has 0 saturated heterocycles. The van der Waals surface area contributed by atoms with Crippen molar-refractivity contribution in [2.75, 3.05) is 13.6 Å². The Bertz CT molecular complexity index is 399. The maximum Gasteiger partial charge on any atom is 0.103 e. The van der Waals surface area contributed by atoms with Gasteiger partial charge in [-0.3, -0.25) is 0 Å². The van der Waals surface area contributed by atoms with E-state index in [2.05, 4.69) is 31.0 Å². The van der Waals surface area contributed by atoms with E-state index in [0.29, 0.717) is 4.99 Å². The van der Waals surface area contributed by atoms with Crippen LogP contribution in [0, 0.1) is 11.8 Å². The van der Waals surface area contributed by atoms with Gasteiger partial charge in [0.1, 0.15) is 4.99 Å². The SMILES string of the molecule is CC1CC1CN(C)Cc1ccc(C(N)=S)cc1. The predicted octanol–water partition coefficient (Wildman–Crippen LogP) is 2.41. The summed E-state index contributed by atoms with van der Waals surface area (Å²) in [6, 6.07) is 8.24. The Balaban J connectivity index is 1.87. The zero-order chi connectivity index (χ0) is 12.4. The number of rotatable bonds is 5. The van der Waals surface area contributed by atoms with Crippen LogP contribution in [0.25, 0.3) is 0 Å². The molecule has 0 amide bonds. The average molecular weight is 248 g/mol. The highest BCUT2D eigenvalue weighted by molar-refractivity contribution is 7.80. The second-order valence-corrected chi connectivity index (χ2v) is 5.67. The topological polar surface area (TPSA) is 29.3 Å². The monoisotopic (exact) mass is 248 g/mol. The number of nitrogens with zero attached hydrogens (tertiary/aromatic N) is 1. The Morgan fingerprint density at radius 3 is 2.47 bits per heavy atom. The highest BCUT2D eigenvalue weighted by Gasteiger charge is 2.32. The third kappa shape index (κ3) is 3.51. The number of hydrogen-bond acceptors (Lipinski definition) is 2. The van der Waals surface area contributed by atoms with Crippen LogP contribution in [0.4, 0.5) is 0 Å². The van der Waals surface area contributed by atoms with E-state index in [1.807, 2.05) is 12.1 Å². The summed E-state index contributed by atoms with van der Waals surface area (Å²) in [6.07, 6.45) is 1.39. The minimum Gasteiger partial charge on any atom is -0.389 e. The van der Waals surface area contributed by atoms with E-state index in [-0.39, 0.29) is 0 Å². The Kier molecular flexibility index (Phi) is 3.79. The Labute approximate surface area is 109 Å². The number of nitrogens with two attached hydrogens (primary N) is 1. The maximum absolute atomic E-state index is 5.58. The third-order valence-electron chi connectivity index (χ3n) is 3.51. The van der Waals surface area contributed by atoms with Gasteiger partial charge in [0.05, 0.1) is 0 Å². The van der Waals surface area contributed by atoms with Gasteiger partial charge in [-0.15, -0.1) is 0 Å². The summed E-state index contributed by atoms with van der Waals surface area (Å²) in [5, 5.41) is 0. The first-order chi connectivity index (χ1) is 8.06. The predicted molar refractivity (Wildman–Crippen MR) is 75.9 cm³/mol. The molecule has 2 atom stereocenters. The van der Waals surface area contributed by atoms with E-state index < -0.39 is 0 Å². The first kappa shape index (κ1) is 12.5. The molecule has 0 spiro atoms. The molecule has 3 heteroatoms. The Morgan fingerprint density at radius 1 is 1.41 bits per heavy atom. The molecule has 0 bridgehead atoms. The molecule has 0 heterocycles. The van der Waals surface area contributed by atoms with Crippen molar-refractivity contribution in [2.45, 2.75) is 19.9 Å². The van der Waals surface area contributed by atoms with E-state index in [0.717, 1.165) is 23.9 Å². The van der Waals surface area contributed by atoms with Crippen molar-refractivity contribution in [3.63, 3.8) is 0 Å². The summed E-state index contributed by atoms with van der Waals surface area (Å²) in [5.74, 6) is 1.84. The van der Waals surface area contributed by atoms with Crippen molar-refractivity contribution in [3.8, 4) is 0 Å². The van der Waals surface area contributed by atoms with Crippen molar-refractivity contribution in [3.05, 3.63) is 35.4 Å². The number of hydrogen-bond donors (Lipinski definition) is 1. The zero-order valence-electron chi connectivity index (χ0n) is 10.5. The van der Waals surface area contributed by atoms with Gasteiger partial charge in [-0.05, 0) is 30.9 Å². The molecule has 17 heavy (non-hydrogen) atoms. The van der Waals surface area contributed by atoms with Crippen LogP contribution in [0.2, 0.25) is 0 Å². The summed E-state index contributed by atoms with van der Waals surface area (Å²) in [5.41, 5.74) is 7.84. The zero-order valence-corrected chi connectivity index (χ0v) is 11.3. The van der Waals surface area contributed by atoms with Crippen LogP contribution >= 0.6 is 12.2 Å². The van der Waals surface area contributed by atoms with Gasteiger partial charge in [-0.2, -0.15) is 0 Å². The van der Waals surface area contributed by atoms with Crippen LogP contribution < -0.4 is 5.73 Å². The molecular formula is C14H20N2S. The lowest BCUT2D eigenvalue weighted by Gasteiger charge is -2.16. The quantitative estimate of drug-likeness (QED) is 0.811. The summed E-state index contributed by atoms with van der Waals surface area (Å²) >= 11 is 4.94. The molecule has 1 aliphatic rings. The molecule has 1 aromatic carbocycles. The fourth-order valence-corrected chi connectivity index (χ4v) is 2.34. The molecule has 1 saturated carbocycles. The second-order valence-electron chi connectivity index (χ2n) is 5.23. The molecule has 0 aromatic heterocycles.